The maximum atomic E-state index is 5.41. The van der Waals surface area contributed by atoms with E-state index in [0.717, 1.165) is 12.2 Å². The Morgan fingerprint density at radius 3 is 2.72 bits per heavy atom. The minimum atomic E-state index is 0.554. The van der Waals surface area contributed by atoms with Crippen molar-refractivity contribution in [2.45, 2.75) is 51.5 Å². The Labute approximate surface area is 111 Å². The summed E-state index contributed by atoms with van der Waals surface area (Å²) >= 11 is 0. The zero-order valence-electron chi connectivity index (χ0n) is 11.8. The molecule has 1 unspecified atom stereocenters. The first-order chi connectivity index (χ1) is 8.69. The van der Waals surface area contributed by atoms with E-state index in [-0.39, 0.29) is 0 Å². The van der Waals surface area contributed by atoms with Crippen molar-refractivity contribution in [3.05, 3.63) is 29.3 Å². The Balaban J connectivity index is 2.12. The molecule has 100 valence electrons. The molecule has 1 aliphatic rings. The second-order valence-electron chi connectivity index (χ2n) is 5.62. The summed E-state index contributed by atoms with van der Waals surface area (Å²) in [6, 6.07) is 7.32. The molecule has 0 aliphatic carbocycles. The minimum Gasteiger partial charge on any atom is -0.497 e. The average molecular weight is 247 g/mol. The van der Waals surface area contributed by atoms with Crippen LogP contribution < -0.4 is 10.1 Å². The number of piperidine rings is 1. The molecule has 1 aromatic rings. The van der Waals surface area contributed by atoms with Gasteiger partial charge in [0.1, 0.15) is 5.75 Å². The Hall–Kier alpha value is -1.02. The minimum absolute atomic E-state index is 0.554. The molecule has 0 amide bonds. The fourth-order valence-electron chi connectivity index (χ4n) is 2.64. The van der Waals surface area contributed by atoms with Crippen LogP contribution in [0.3, 0.4) is 0 Å². The van der Waals surface area contributed by atoms with Gasteiger partial charge in [-0.25, -0.2) is 0 Å². The van der Waals surface area contributed by atoms with Crippen LogP contribution in [0.15, 0.2) is 18.2 Å². The van der Waals surface area contributed by atoms with Gasteiger partial charge in [-0.05, 0) is 55.0 Å². The second-order valence-corrected chi connectivity index (χ2v) is 5.62. The van der Waals surface area contributed by atoms with E-state index in [1.807, 2.05) is 0 Å². The largest absolute Gasteiger partial charge is 0.497 e. The summed E-state index contributed by atoms with van der Waals surface area (Å²) in [6.45, 7) is 5.64. The fourth-order valence-corrected chi connectivity index (χ4v) is 2.64. The Kier molecular flexibility index (Phi) is 4.65. The highest BCUT2D eigenvalue weighted by Crippen LogP contribution is 2.24. The Morgan fingerprint density at radius 1 is 1.28 bits per heavy atom. The smallest absolute Gasteiger partial charge is 0.119 e. The lowest BCUT2D eigenvalue weighted by Gasteiger charge is -2.24. The first-order valence-corrected chi connectivity index (χ1v) is 7.10. The molecule has 1 heterocycles. The standard InChI is InChI=1S/C16H25NO/c1-12(2)14-8-13(10-16(11-14)18-3)9-15-6-4-5-7-17-15/h8,10-12,15,17H,4-7,9H2,1-3H3. The lowest BCUT2D eigenvalue weighted by Crippen LogP contribution is -2.35. The molecular formula is C16H25NO. The number of rotatable bonds is 4. The summed E-state index contributed by atoms with van der Waals surface area (Å²) in [6.07, 6.45) is 5.11. The first-order valence-electron chi connectivity index (χ1n) is 7.10. The van der Waals surface area contributed by atoms with Crippen LogP contribution in [0.4, 0.5) is 0 Å². The molecule has 0 bridgehead atoms. The monoisotopic (exact) mass is 247 g/mol. The van der Waals surface area contributed by atoms with Crippen LogP contribution in [0, 0.1) is 0 Å². The molecule has 0 spiro atoms. The van der Waals surface area contributed by atoms with Crippen LogP contribution in [0.5, 0.6) is 5.75 Å². The van der Waals surface area contributed by atoms with Gasteiger partial charge in [-0.3, -0.25) is 0 Å². The van der Waals surface area contributed by atoms with Gasteiger partial charge in [0, 0.05) is 6.04 Å². The van der Waals surface area contributed by atoms with Crippen molar-refractivity contribution < 1.29 is 4.74 Å². The summed E-state index contributed by atoms with van der Waals surface area (Å²) in [5.74, 6) is 1.55. The van der Waals surface area contributed by atoms with Gasteiger partial charge < -0.3 is 10.1 Å². The predicted molar refractivity (Wildman–Crippen MR) is 76.4 cm³/mol. The zero-order valence-corrected chi connectivity index (χ0v) is 11.8. The van der Waals surface area contributed by atoms with Crippen molar-refractivity contribution in [3.63, 3.8) is 0 Å². The van der Waals surface area contributed by atoms with E-state index in [0.29, 0.717) is 12.0 Å². The molecule has 2 nitrogen and oxygen atoms in total. The molecule has 1 aromatic carbocycles. The maximum absolute atomic E-state index is 5.41. The topological polar surface area (TPSA) is 21.3 Å². The van der Waals surface area contributed by atoms with Crippen LogP contribution >= 0.6 is 0 Å². The number of benzene rings is 1. The summed E-state index contributed by atoms with van der Waals surface area (Å²) < 4.78 is 5.41. The van der Waals surface area contributed by atoms with Crippen molar-refractivity contribution in [1.82, 2.24) is 5.32 Å². The summed E-state index contributed by atoms with van der Waals surface area (Å²) in [5.41, 5.74) is 2.78. The van der Waals surface area contributed by atoms with Crippen LogP contribution in [-0.4, -0.2) is 19.7 Å². The van der Waals surface area contributed by atoms with Crippen LogP contribution in [0.25, 0.3) is 0 Å². The average Bonchev–Trinajstić information content (AvgIpc) is 2.39. The second kappa shape index (κ2) is 6.24. The third kappa shape index (κ3) is 3.49. The van der Waals surface area contributed by atoms with Crippen LogP contribution in [0.2, 0.25) is 0 Å². The lowest BCUT2D eigenvalue weighted by molar-refractivity contribution is 0.396. The van der Waals surface area contributed by atoms with Gasteiger partial charge in [0.15, 0.2) is 0 Å². The molecule has 0 aromatic heterocycles. The number of hydrogen-bond acceptors (Lipinski definition) is 2. The molecule has 18 heavy (non-hydrogen) atoms. The number of nitrogens with one attached hydrogen (secondary N) is 1. The fraction of sp³-hybridized carbons (Fsp3) is 0.625. The lowest BCUT2D eigenvalue weighted by atomic mass is 9.94. The van der Waals surface area contributed by atoms with Crippen LogP contribution in [0.1, 0.15) is 50.2 Å². The Bertz CT molecular complexity index is 381. The highest BCUT2D eigenvalue weighted by molar-refractivity contribution is 5.36. The quantitative estimate of drug-likeness (QED) is 0.879. The van der Waals surface area contributed by atoms with Gasteiger partial charge in [0.2, 0.25) is 0 Å². The predicted octanol–water partition coefficient (Wildman–Crippen LogP) is 3.50. The molecule has 1 saturated heterocycles. The van der Waals surface area contributed by atoms with Gasteiger partial charge in [-0.15, -0.1) is 0 Å². The van der Waals surface area contributed by atoms with Crippen molar-refractivity contribution in [2.75, 3.05) is 13.7 Å². The number of methoxy groups -OCH3 is 1. The Morgan fingerprint density at radius 2 is 2.11 bits per heavy atom. The molecule has 1 aliphatic heterocycles. The molecule has 1 fully saturated rings. The zero-order chi connectivity index (χ0) is 13.0. The molecule has 2 rings (SSSR count). The summed E-state index contributed by atoms with van der Waals surface area (Å²) in [4.78, 5) is 0. The van der Waals surface area contributed by atoms with Gasteiger partial charge in [-0.1, -0.05) is 26.3 Å². The van der Waals surface area contributed by atoms with Gasteiger partial charge in [0.25, 0.3) is 0 Å². The van der Waals surface area contributed by atoms with E-state index in [9.17, 15) is 0 Å². The van der Waals surface area contributed by atoms with Crippen molar-refractivity contribution >= 4 is 0 Å². The third-order valence-corrected chi connectivity index (χ3v) is 3.79. The molecule has 2 heteroatoms. The van der Waals surface area contributed by atoms with E-state index in [2.05, 4.69) is 37.4 Å². The van der Waals surface area contributed by atoms with Gasteiger partial charge in [-0.2, -0.15) is 0 Å². The van der Waals surface area contributed by atoms with E-state index >= 15 is 0 Å². The summed E-state index contributed by atoms with van der Waals surface area (Å²) in [5, 5.41) is 3.61. The molecule has 0 radical (unpaired) electrons. The third-order valence-electron chi connectivity index (χ3n) is 3.79. The molecular weight excluding hydrogens is 222 g/mol. The number of ether oxygens (including phenoxy) is 1. The first kappa shape index (κ1) is 13.4. The van der Waals surface area contributed by atoms with E-state index in [1.165, 1.54) is 36.9 Å². The van der Waals surface area contributed by atoms with Crippen molar-refractivity contribution in [2.24, 2.45) is 0 Å². The van der Waals surface area contributed by atoms with E-state index in [1.54, 1.807) is 7.11 Å². The number of hydrogen-bond donors (Lipinski definition) is 1. The van der Waals surface area contributed by atoms with Crippen molar-refractivity contribution in [3.8, 4) is 5.75 Å². The summed E-state index contributed by atoms with van der Waals surface area (Å²) in [7, 11) is 1.75. The SMILES string of the molecule is COc1cc(CC2CCCCN2)cc(C(C)C)c1. The van der Waals surface area contributed by atoms with Crippen LogP contribution in [-0.2, 0) is 6.42 Å². The highest BCUT2D eigenvalue weighted by Gasteiger charge is 2.14. The van der Waals surface area contributed by atoms with Gasteiger partial charge in [0.05, 0.1) is 7.11 Å². The molecule has 1 atom stereocenters. The van der Waals surface area contributed by atoms with Crippen molar-refractivity contribution in [1.29, 1.82) is 0 Å². The van der Waals surface area contributed by atoms with E-state index < -0.39 is 0 Å². The molecule has 1 N–H and O–H groups in total. The maximum Gasteiger partial charge on any atom is 0.119 e. The van der Waals surface area contributed by atoms with Gasteiger partial charge >= 0.3 is 0 Å². The normalized spacial score (nSPS) is 20.1. The highest BCUT2D eigenvalue weighted by atomic mass is 16.5. The molecule has 0 saturated carbocycles. The van der Waals surface area contributed by atoms with E-state index in [4.69, 9.17) is 4.74 Å².